The molecule has 2 heterocycles. The van der Waals surface area contributed by atoms with Gasteiger partial charge in [0.1, 0.15) is 5.58 Å². The molecule has 1 aliphatic heterocycles. The monoisotopic (exact) mass is 293 g/mol. The number of sulfone groups is 1. The highest BCUT2D eigenvalue weighted by atomic mass is 32.2. The van der Waals surface area contributed by atoms with Gasteiger partial charge >= 0.3 is 0 Å². The van der Waals surface area contributed by atoms with Crippen molar-refractivity contribution in [1.82, 2.24) is 5.32 Å². The molecule has 6 heteroatoms. The van der Waals surface area contributed by atoms with E-state index in [1.807, 2.05) is 25.1 Å². The van der Waals surface area contributed by atoms with E-state index in [9.17, 15) is 13.2 Å². The Hall–Kier alpha value is -1.82. The average Bonchev–Trinajstić information content (AvgIpc) is 2.91. The second-order valence-electron chi connectivity index (χ2n) is 5.13. The van der Waals surface area contributed by atoms with Gasteiger partial charge in [0, 0.05) is 17.0 Å². The number of nitrogens with one attached hydrogen (secondary N) is 1. The maximum atomic E-state index is 12.2. The molecule has 1 aromatic carbocycles. The summed E-state index contributed by atoms with van der Waals surface area (Å²) in [6.45, 7) is 1.83. The third-order valence-electron chi connectivity index (χ3n) is 3.62. The van der Waals surface area contributed by atoms with Gasteiger partial charge in [0.25, 0.3) is 5.91 Å². The summed E-state index contributed by atoms with van der Waals surface area (Å²) in [5.41, 5.74) is 1.44. The van der Waals surface area contributed by atoms with E-state index >= 15 is 0 Å². The minimum absolute atomic E-state index is 0.0119. The summed E-state index contributed by atoms with van der Waals surface area (Å²) in [5.74, 6) is 0.0611. The van der Waals surface area contributed by atoms with Crippen molar-refractivity contribution in [3.8, 4) is 0 Å². The summed E-state index contributed by atoms with van der Waals surface area (Å²) in [5, 5.41) is 3.64. The molecule has 0 aliphatic carbocycles. The van der Waals surface area contributed by atoms with Crippen LogP contribution in [-0.2, 0) is 9.84 Å². The molecule has 3 rings (SSSR count). The zero-order valence-electron chi connectivity index (χ0n) is 11.0. The van der Waals surface area contributed by atoms with E-state index in [0.29, 0.717) is 12.0 Å². The van der Waals surface area contributed by atoms with Crippen molar-refractivity contribution in [3.05, 3.63) is 35.6 Å². The Bertz CT molecular complexity index is 776. The van der Waals surface area contributed by atoms with Gasteiger partial charge in [-0.3, -0.25) is 4.79 Å². The highest BCUT2D eigenvalue weighted by molar-refractivity contribution is 7.91. The standard InChI is InChI=1S/C14H15NO4S/c1-9-11-4-2-3-5-12(11)19-13(9)14(16)15-10-6-7-20(17,18)8-10/h2-5,10H,6-8H2,1H3,(H,15,16)/t10-/m1/s1. The van der Waals surface area contributed by atoms with Crippen molar-refractivity contribution in [2.75, 3.05) is 11.5 Å². The Balaban J connectivity index is 1.84. The van der Waals surface area contributed by atoms with Gasteiger partial charge in [-0.15, -0.1) is 0 Å². The normalized spacial score (nSPS) is 21.1. The SMILES string of the molecule is Cc1c(C(=O)N[C@@H]2CCS(=O)(=O)C2)oc2ccccc12. The molecular formula is C14H15NO4S. The zero-order chi connectivity index (χ0) is 14.3. The van der Waals surface area contributed by atoms with Crippen molar-refractivity contribution in [1.29, 1.82) is 0 Å². The average molecular weight is 293 g/mol. The predicted molar refractivity (Wildman–Crippen MR) is 75.5 cm³/mol. The molecule has 2 aromatic rings. The number of carbonyl (C=O) groups is 1. The van der Waals surface area contributed by atoms with Crippen molar-refractivity contribution in [3.63, 3.8) is 0 Å². The molecule has 1 saturated heterocycles. The van der Waals surface area contributed by atoms with Crippen LogP contribution in [0, 0.1) is 6.92 Å². The van der Waals surface area contributed by atoms with Crippen molar-refractivity contribution in [2.24, 2.45) is 0 Å². The van der Waals surface area contributed by atoms with Crippen LogP contribution < -0.4 is 5.32 Å². The van der Waals surface area contributed by atoms with E-state index in [2.05, 4.69) is 5.32 Å². The molecule has 1 aromatic heterocycles. The quantitative estimate of drug-likeness (QED) is 0.913. The molecule has 0 bridgehead atoms. The van der Waals surface area contributed by atoms with Gasteiger partial charge < -0.3 is 9.73 Å². The lowest BCUT2D eigenvalue weighted by Gasteiger charge is -2.09. The third-order valence-corrected chi connectivity index (χ3v) is 5.39. The van der Waals surface area contributed by atoms with E-state index in [0.717, 1.165) is 10.9 Å². The van der Waals surface area contributed by atoms with Crippen molar-refractivity contribution < 1.29 is 17.6 Å². The molecule has 1 fully saturated rings. The van der Waals surface area contributed by atoms with Gasteiger partial charge in [0.05, 0.1) is 11.5 Å². The highest BCUT2D eigenvalue weighted by Gasteiger charge is 2.30. The van der Waals surface area contributed by atoms with Crippen LogP contribution in [0.3, 0.4) is 0 Å². The first kappa shape index (κ1) is 13.2. The molecule has 1 atom stereocenters. The van der Waals surface area contributed by atoms with Gasteiger partial charge in [0.15, 0.2) is 15.6 Å². The van der Waals surface area contributed by atoms with Gasteiger partial charge in [-0.2, -0.15) is 0 Å². The molecule has 0 radical (unpaired) electrons. The Kier molecular flexibility index (Phi) is 3.05. The Morgan fingerprint density at radius 3 is 2.75 bits per heavy atom. The molecule has 106 valence electrons. The number of fused-ring (bicyclic) bond motifs is 1. The molecule has 1 amide bonds. The summed E-state index contributed by atoms with van der Waals surface area (Å²) < 4.78 is 28.3. The number of rotatable bonds is 2. The van der Waals surface area contributed by atoms with Crippen LogP contribution in [0.5, 0.6) is 0 Å². The number of benzene rings is 1. The fourth-order valence-electron chi connectivity index (χ4n) is 2.55. The number of amides is 1. The Morgan fingerprint density at radius 1 is 1.35 bits per heavy atom. The summed E-state index contributed by atoms with van der Waals surface area (Å²) >= 11 is 0. The topological polar surface area (TPSA) is 76.4 Å². The van der Waals surface area contributed by atoms with E-state index < -0.39 is 9.84 Å². The maximum Gasteiger partial charge on any atom is 0.287 e. The summed E-state index contributed by atoms with van der Waals surface area (Å²) in [4.78, 5) is 12.2. The maximum absolute atomic E-state index is 12.2. The minimum atomic E-state index is -3.00. The number of para-hydroxylation sites is 1. The number of hydrogen-bond donors (Lipinski definition) is 1. The second-order valence-corrected chi connectivity index (χ2v) is 7.35. The van der Waals surface area contributed by atoms with Crippen molar-refractivity contribution >= 4 is 26.7 Å². The van der Waals surface area contributed by atoms with Gasteiger partial charge in [-0.25, -0.2) is 8.42 Å². The first-order valence-electron chi connectivity index (χ1n) is 6.46. The number of aryl methyl sites for hydroxylation is 1. The fourth-order valence-corrected chi connectivity index (χ4v) is 4.22. The fraction of sp³-hybridized carbons (Fsp3) is 0.357. The lowest BCUT2D eigenvalue weighted by Crippen LogP contribution is -2.35. The molecular weight excluding hydrogens is 278 g/mol. The van der Waals surface area contributed by atoms with Gasteiger partial charge in [0.2, 0.25) is 0 Å². The summed E-state index contributed by atoms with van der Waals surface area (Å²) in [6, 6.07) is 7.11. The molecule has 1 aliphatic rings. The summed E-state index contributed by atoms with van der Waals surface area (Å²) in [7, 11) is -3.00. The molecule has 20 heavy (non-hydrogen) atoms. The largest absolute Gasteiger partial charge is 0.451 e. The zero-order valence-corrected chi connectivity index (χ0v) is 11.9. The van der Waals surface area contributed by atoms with E-state index in [1.165, 1.54) is 0 Å². The Morgan fingerprint density at radius 2 is 2.10 bits per heavy atom. The molecule has 0 unspecified atom stereocenters. The smallest absolute Gasteiger partial charge is 0.287 e. The lowest BCUT2D eigenvalue weighted by molar-refractivity contribution is 0.0914. The van der Waals surface area contributed by atoms with Crippen LogP contribution >= 0.6 is 0 Å². The van der Waals surface area contributed by atoms with Crippen LogP contribution in [-0.4, -0.2) is 31.9 Å². The second kappa shape index (κ2) is 4.63. The van der Waals surface area contributed by atoms with Gasteiger partial charge in [-0.1, -0.05) is 18.2 Å². The van der Waals surface area contributed by atoms with E-state index in [4.69, 9.17) is 4.42 Å². The summed E-state index contributed by atoms with van der Waals surface area (Å²) in [6.07, 6.45) is 0.466. The Labute approximate surface area is 116 Å². The lowest BCUT2D eigenvalue weighted by atomic mass is 10.1. The first-order valence-corrected chi connectivity index (χ1v) is 8.28. The molecule has 1 N–H and O–H groups in total. The number of hydrogen-bond acceptors (Lipinski definition) is 4. The minimum Gasteiger partial charge on any atom is -0.451 e. The van der Waals surface area contributed by atoms with Crippen molar-refractivity contribution in [2.45, 2.75) is 19.4 Å². The first-order chi connectivity index (χ1) is 9.46. The number of furan rings is 1. The van der Waals surface area contributed by atoms with Crippen LogP contribution in [0.4, 0.5) is 0 Å². The molecule has 5 nitrogen and oxygen atoms in total. The van der Waals surface area contributed by atoms with Crippen LogP contribution in [0.15, 0.2) is 28.7 Å². The van der Waals surface area contributed by atoms with Crippen LogP contribution in [0.2, 0.25) is 0 Å². The third kappa shape index (κ3) is 2.31. The van der Waals surface area contributed by atoms with Crippen LogP contribution in [0.1, 0.15) is 22.5 Å². The molecule has 0 saturated carbocycles. The van der Waals surface area contributed by atoms with E-state index in [1.54, 1.807) is 6.07 Å². The van der Waals surface area contributed by atoms with Crippen LogP contribution in [0.25, 0.3) is 11.0 Å². The van der Waals surface area contributed by atoms with Gasteiger partial charge in [-0.05, 0) is 19.4 Å². The highest BCUT2D eigenvalue weighted by Crippen LogP contribution is 2.25. The van der Waals surface area contributed by atoms with E-state index in [-0.39, 0.29) is 29.2 Å². The number of carbonyl (C=O) groups excluding carboxylic acids is 1. The molecule has 0 spiro atoms. The predicted octanol–water partition coefficient (Wildman–Crippen LogP) is 1.66.